The molecule has 1 fully saturated rings. The summed E-state index contributed by atoms with van der Waals surface area (Å²) in [5, 5.41) is 3.12. The third kappa shape index (κ3) is 3.30. The third-order valence-electron chi connectivity index (χ3n) is 5.76. The lowest BCUT2D eigenvalue weighted by Crippen LogP contribution is -2.30. The summed E-state index contributed by atoms with van der Waals surface area (Å²) in [6.07, 6.45) is 6.81. The molecule has 2 aromatic rings. The third-order valence-corrected chi connectivity index (χ3v) is 5.76. The van der Waals surface area contributed by atoms with Gasteiger partial charge >= 0.3 is 0 Å². The molecule has 1 aliphatic heterocycles. The number of fused-ring (bicyclic) bond motifs is 1. The van der Waals surface area contributed by atoms with Crippen LogP contribution in [0.1, 0.15) is 41.6 Å². The molecule has 0 saturated carbocycles. The molecule has 1 N–H and O–H groups in total. The predicted molar refractivity (Wildman–Crippen MR) is 104 cm³/mol. The molecule has 1 aromatic carbocycles. The summed E-state index contributed by atoms with van der Waals surface area (Å²) < 4.78 is 0. The Balaban J connectivity index is 1.46. The number of anilines is 2. The van der Waals surface area contributed by atoms with Crippen LogP contribution in [0.5, 0.6) is 0 Å². The largest absolute Gasteiger partial charge is 0.341 e. The van der Waals surface area contributed by atoms with Crippen molar-refractivity contribution in [2.24, 2.45) is 5.92 Å². The van der Waals surface area contributed by atoms with E-state index in [-0.39, 0.29) is 11.8 Å². The van der Waals surface area contributed by atoms with Crippen LogP contribution in [0.2, 0.25) is 0 Å². The first-order chi connectivity index (χ1) is 12.6. The molecule has 26 heavy (non-hydrogen) atoms. The number of nitrogens with one attached hydrogen (secondary N) is 1. The van der Waals surface area contributed by atoms with Crippen molar-refractivity contribution < 1.29 is 4.79 Å². The summed E-state index contributed by atoms with van der Waals surface area (Å²) >= 11 is 0. The van der Waals surface area contributed by atoms with E-state index in [0.717, 1.165) is 60.8 Å². The summed E-state index contributed by atoms with van der Waals surface area (Å²) in [6, 6.07) is 6.03. The molecule has 1 atom stereocenters. The van der Waals surface area contributed by atoms with Gasteiger partial charge in [-0.25, -0.2) is 9.97 Å². The second-order valence-electron chi connectivity index (χ2n) is 7.51. The van der Waals surface area contributed by atoms with Gasteiger partial charge in [-0.3, -0.25) is 4.79 Å². The van der Waals surface area contributed by atoms with Gasteiger partial charge in [-0.1, -0.05) is 12.1 Å². The summed E-state index contributed by atoms with van der Waals surface area (Å²) in [6.45, 7) is 6.23. The van der Waals surface area contributed by atoms with E-state index in [1.807, 2.05) is 18.3 Å². The fourth-order valence-electron chi connectivity index (χ4n) is 3.91. The smallest absolute Gasteiger partial charge is 0.227 e. The zero-order valence-corrected chi connectivity index (χ0v) is 15.6. The average Bonchev–Trinajstić information content (AvgIpc) is 3.19. The van der Waals surface area contributed by atoms with Crippen molar-refractivity contribution in [3.05, 3.63) is 46.8 Å². The number of carbonyl (C=O) groups excluding carboxylic acids is 1. The molecule has 2 heterocycles. The predicted octanol–water partition coefficient (Wildman–Crippen LogP) is 3.44. The highest BCUT2D eigenvalue weighted by molar-refractivity contribution is 5.93. The first kappa shape index (κ1) is 17.0. The van der Waals surface area contributed by atoms with Crippen LogP contribution in [-0.2, 0) is 17.6 Å². The molecule has 0 radical (unpaired) electrons. The average molecular weight is 350 g/mol. The van der Waals surface area contributed by atoms with E-state index in [9.17, 15) is 4.79 Å². The van der Waals surface area contributed by atoms with E-state index in [1.165, 1.54) is 18.4 Å². The van der Waals surface area contributed by atoms with Crippen LogP contribution in [0, 0.1) is 19.8 Å². The molecular formula is C21H26N4O. The van der Waals surface area contributed by atoms with Crippen molar-refractivity contribution >= 4 is 17.5 Å². The number of benzene rings is 1. The van der Waals surface area contributed by atoms with Gasteiger partial charge in [0.05, 0.1) is 0 Å². The molecule has 0 spiro atoms. The molecule has 1 amide bonds. The molecule has 136 valence electrons. The second kappa shape index (κ2) is 7.06. The maximum absolute atomic E-state index is 12.8. The van der Waals surface area contributed by atoms with Crippen LogP contribution in [0.25, 0.3) is 0 Å². The minimum absolute atomic E-state index is 0.0105. The Bertz CT molecular complexity index is 827. The van der Waals surface area contributed by atoms with Gasteiger partial charge in [-0.15, -0.1) is 0 Å². The van der Waals surface area contributed by atoms with Gasteiger partial charge in [-0.2, -0.15) is 0 Å². The lowest BCUT2D eigenvalue weighted by molar-refractivity contribution is -0.120. The monoisotopic (exact) mass is 350 g/mol. The zero-order chi connectivity index (χ0) is 18.1. The Labute approximate surface area is 154 Å². The minimum atomic E-state index is -0.0105. The molecule has 1 saturated heterocycles. The lowest BCUT2D eigenvalue weighted by atomic mass is 9.86. The van der Waals surface area contributed by atoms with Gasteiger partial charge in [0, 0.05) is 36.6 Å². The van der Waals surface area contributed by atoms with Crippen LogP contribution >= 0.6 is 0 Å². The van der Waals surface area contributed by atoms with Crippen LogP contribution in [0.15, 0.2) is 24.4 Å². The minimum Gasteiger partial charge on any atom is -0.341 e. The highest BCUT2D eigenvalue weighted by Gasteiger charge is 2.27. The number of carbonyl (C=O) groups is 1. The second-order valence-corrected chi connectivity index (χ2v) is 7.51. The highest BCUT2D eigenvalue weighted by atomic mass is 16.1. The highest BCUT2D eigenvalue weighted by Crippen LogP contribution is 2.28. The van der Waals surface area contributed by atoms with Gasteiger partial charge in [0.2, 0.25) is 11.9 Å². The Kier molecular flexibility index (Phi) is 4.62. The van der Waals surface area contributed by atoms with Crippen molar-refractivity contribution in [3.63, 3.8) is 0 Å². The van der Waals surface area contributed by atoms with Crippen LogP contribution < -0.4 is 10.2 Å². The molecule has 0 bridgehead atoms. The van der Waals surface area contributed by atoms with Gasteiger partial charge in [0.1, 0.15) is 0 Å². The normalized spacial score (nSPS) is 19.3. The Morgan fingerprint density at radius 1 is 1.23 bits per heavy atom. The van der Waals surface area contributed by atoms with E-state index < -0.39 is 0 Å². The zero-order valence-electron chi connectivity index (χ0n) is 15.6. The van der Waals surface area contributed by atoms with E-state index in [4.69, 9.17) is 4.98 Å². The molecule has 4 rings (SSSR count). The number of rotatable bonds is 3. The van der Waals surface area contributed by atoms with Gasteiger partial charge in [0.25, 0.3) is 0 Å². The number of aromatic nitrogens is 2. The Hall–Kier alpha value is -2.43. The van der Waals surface area contributed by atoms with Crippen molar-refractivity contribution in [1.82, 2.24) is 9.97 Å². The van der Waals surface area contributed by atoms with E-state index >= 15 is 0 Å². The van der Waals surface area contributed by atoms with Crippen molar-refractivity contribution in [2.75, 3.05) is 23.3 Å². The quantitative estimate of drug-likeness (QED) is 0.921. The summed E-state index contributed by atoms with van der Waals surface area (Å²) in [5.41, 5.74) is 5.50. The van der Waals surface area contributed by atoms with Crippen LogP contribution in [0.3, 0.4) is 0 Å². The van der Waals surface area contributed by atoms with Crippen LogP contribution in [-0.4, -0.2) is 29.0 Å². The van der Waals surface area contributed by atoms with Crippen molar-refractivity contribution in [2.45, 2.75) is 46.0 Å². The van der Waals surface area contributed by atoms with E-state index in [0.29, 0.717) is 0 Å². The number of nitrogens with zero attached hydrogens (tertiary/aromatic N) is 3. The van der Waals surface area contributed by atoms with Gasteiger partial charge in [0.15, 0.2) is 0 Å². The SMILES string of the molecule is Cc1cccc(NC(=O)[C@H]2CCc3nc(N4CCCC4)ncc3C2)c1C. The molecule has 0 unspecified atom stereocenters. The topological polar surface area (TPSA) is 58.1 Å². The lowest BCUT2D eigenvalue weighted by Gasteiger charge is -2.25. The first-order valence-electron chi connectivity index (χ1n) is 9.58. The van der Waals surface area contributed by atoms with E-state index in [1.54, 1.807) is 0 Å². The van der Waals surface area contributed by atoms with Crippen LogP contribution in [0.4, 0.5) is 11.6 Å². The molecule has 2 aliphatic rings. The van der Waals surface area contributed by atoms with Crippen molar-refractivity contribution in [3.8, 4) is 0 Å². The maximum Gasteiger partial charge on any atom is 0.227 e. The molecule has 1 aromatic heterocycles. The van der Waals surface area contributed by atoms with Gasteiger partial charge < -0.3 is 10.2 Å². The standard InChI is InChI=1S/C21H26N4O/c1-14-6-5-7-18(15(14)2)23-20(26)16-8-9-19-17(12-16)13-22-21(24-19)25-10-3-4-11-25/h5-7,13,16H,3-4,8-12H2,1-2H3,(H,23,26)/t16-/m0/s1. The summed E-state index contributed by atoms with van der Waals surface area (Å²) in [4.78, 5) is 24.4. The molecule has 5 nitrogen and oxygen atoms in total. The van der Waals surface area contributed by atoms with Gasteiger partial charge in [-0.05, 0) is 68.7 Å². The summed E-state index contributed by atoms with van der Waals surface area (Å²) in [7, 11) is 0. The number of hydrogen-bond acceptors (Lipinski definition) is 4. The maximum atomic E-state index is 12.8. The first-order valence-corrected chi connectivity index (χ1v) is 9.58. The summed E-state index contributed by atoms with van der Waals surface area (Å²) in [5.74, 6) is 0.955. The Morgan fingerprint density at radius 3 is 2.85 bits per heavy atom. The van der Waals surface area contributed by atoms with Crippen molar-refractivity contribution in [1.29, 1.82) is 0 Å². The number of amides is 1. The Morgan fingerprint density at radius 2 is 2.04 bits per heavy atom. The molecule has 1 aliphatic carbocycles. The van der Waals surface area contributed by atoms with E-state index in [2.05, 4.69) is 35.1 Å². The fourth-order valence-corrected chi connectivity index (χ4v) is 3.91. The number of aryl methyl sites for hydroxylation is 2. The molecular weight excluding hydrogens is 324 g/mol. The fraction of sp³-hybridized carbons (Fsp3) is 0.476. The molecule has 5 heteroatoms. The number of hydrogen-bond donors (Lipinski definition) is 1.